The summed E-state index contributed by atoms with van der Waals surface area (Å²) in [5, 5.41) is 13.5. The number of nitrogens with zero attached hydrogens (tertiary/aromatic N) is 2. The van der Waals surface area contributed by atoms with Gasteiger partial charge in [0.05, 0.1) is 18.8 Å². The highest BCUT2D eigenvalue weighted by Gasteiger charge is 2.03. The molecule has 0 fully saturated rings. The first kappa shape index (κ1) is 9.93. The standard InChI is InChI=1S/C12H14N2O/c1-10(15)12-7-13-14(9-12)8-11-5-3-2-4-6-11/h2-7,9-10,15H,8H2,1H3/t10-/m1/s1. The molecule has 0 spiro atoms. The third-order valence-corrected chi connectivity index (χ3v) is 2.32. The van der Waals surface area contributed by atoms with E-state index >= 15 is 0 Å². The zero-order chi connectivity index (χ0) is 10.7. The fourth-order valence-corrected chi connectivity index (χ4v) is 1.45. The van der Waals surface area contributed by atoms with Crippen molar-refractivity contribution in [2.75, 3.05) is 0 Å². The molecule has 1 heterocycles. The molecule has 0 radical (unpaired) electrons. The first-order valence-electron chi connectivity index (χ1n) is 5.00. The molecule has 0 bridgehead atoms. The van der Waals surface area contributed by atoms with Crippen molar-refractivity contribution in [3.05, 3.63) is 53.9 Å². The summed E-state index contributed by atoms with van der Waals surface area (Å²) in [5.74, 6) is 0. The number of aromatic nitrogens is 2. The molecule has 0 amide bonds. The monoisotopic (exact) mass is 202 g/mol. The molecule has 15 heavy (non-hydrogen) atoms. The molecule has 3 nitrogen and oxygen atoms in total. The van der Waals surface area contributed by atoms with Crippen molar-refractivity contribution < 1.29 is 5.11 Å². The van der Waals surface area contributed by atoms with Crippen molar-refractivity contribution >= 4 is 0 Å². The largest absolute Gasteiger partial charge is 0.389 e. The molecular weight excluding hydrogens is 188 g/mol. The summed E-state index contributed by atoms with van der Waals surface area (Å²) in [6.07, 6.45) is 3.13. The number of hydrogen-bond acceptors (Lipinski definition) is 2. The summed E-state index contributed by atoms with van der Waals surface area (Å²) in [7, 11) is 0. The zero-order valence-corrected chi connectivity index (χ0v) is 8.67. The van der Waals surface area contributed by atoms with Gasteiger partial charge in [0, 0.05) is 11.8 Å². The number of rotatable bonds is 3. The van der Waals surface area contributed by atoms with E-state index in [1.54, 1.807) is 13.1 Å². The summed E-state index contributed by atoms with van der Waals surface area (Å²) in [6.45, 7) is 2.48. The average Bonchev–Trinajstić information content (AvgIpc) is 2.68. The van der Waals surface area contributed by atoms with Crippen LogP contribution >= 0.6 is 0 Å². The lowest BCUT2D eigenvalue weighted by Crippen LogP contribution is -1.99. The van der Waals surface area contributed by atoms with Crippen LogP contribution in [0.1, 0.15) is 24.2 Å². The van der Waals surface area contributed by atoms with E-state index in [2.05, 4.69) is 17.2 Å². The van der Waals surface area contributed by atoms with Crippen LogP contribution in [0, 0.1) is 0 Å². The molecule has 0 saturated heterocycles. The number of aliphatic hydroxyl groups is 1. The minimum absolute atomic E-state index is 0.450. The molecule has 0 aliphatic rings. The van der Waals surface area contributed by atoms with E-state index in [-0.39, 0.29) is 0 Å². The maximum atomic E-state index is 9.35. The van der Waals surface area contributed by atoms with Gasteiger partial charge in [-0.15, -0.1) is 0 Å². The van der Waals surface area contributed by atoms with Crippen LogP contribution in [0.5, 0.6) is 0 Å². The lowest BCUT2D eigenvalue weighted by Gasteiger charge is -2.01. The summed E-state index contributed by atoms with van der Waals surface area (Å²) < 4.78 is 1.83. The predicted molar refractivity (Wildman–Crippen MR) is 58.4 cm³/mol. The molecule has 0 aliphatic carbocycles. The molecule has 1 aromatic heterocycles. The highest BCUT2D eigenvalue weighted by molar-refractivity contribution is 5.15. The molecule has 1 atom stereocenters. The van der Waals surface area contributed by atoms with Crippen LogP contribution in [0.4, 0.5) is 0 Å². The van der Waals surface area contributed by atoms with Crippen molar-refractivity contribution in [3.63, 3.8) is 0 Å². The van der Waals surface area contributed by atoms with Crippen molar-refractivity contribution in [2.24, 2.45) is 0 Å². The van der Waals surface area contributed by atoms with Crippen molar-refractivity contribution in [1.29, 1.82) is 0 Å². The Kier molecular flexibility index (Phi) is 2.83. The second-order valence-corrected chi connectivity index (χ2v) is 3.63. The fourth-order valence-electron chi connectivity index (χ4n) is 1.45. The normalized spacial score (nSPS) is 12.7. The SMILES string of the molecule is C[C@@H](O)c1cnn(Cc2ccccc2)c1. The van der Waals surface area contributed by atoms with Crippen LogP contribution in [0.2, 0.25) is 0 Å². The first-order valence-corrected chi connectivity index (χ1v) is 5.00. The number of aliphatic hydroxyl groups excluding tert-OH is 1. The van der Waals surface area contributed by atoms with E-state index in [0.717, 1.165) is 12.1 Å². The Hall–Kier alpha value is -1.61. The second kappa shape index (κ2) is 4.28. The first-order chi connectivity index (χ1) is 7.25. The summed E-state index contributed by atoms with van der Waals surface area (Å²) in [5.41, 5.74) is 2.06. The van der Waals surface area contributed by atoms with Gasteiger partial charge in [0.15, 0.2) is 0 Å². The lowest BCUT2D eigenvalue weighted by atomic mass is 10.2. The minimum Gasteiger partial charge on any atom is -0.389 e. The van der Waals surface area contributed by atoms with Crippen LogP contribution in [-0.4, -0.2) is 14.9 Å². The molecule has 0 unspecified atom stereocenters. The van der Waals surface area contributed by atoms with Gasteiger partial charge in [-0.1, -0.05) is 30.3 Å². The third-order valence-electron chi connectivity index (χ3n) is 2.32. The number of hydrogen-bond donors (Lipinski definition) is 1. The molecule has 2 aromatic rings. The average molecular weight is 202 g/mol. The van der Waals surface area contributed by atoms with Gasteiger partial charge in [0.1, 0.15) is 0 Å². The number of benzene rings is 1. The van der Waals surface area contributed by atoms with E-state index in [4.69, 9.17) is 0 Å². The molecule has 3 heteroatoms. The maximum absolute atomic E-state index is 9.35. The van der Waals surface area contributed by atoms with Gasteiger partial charge in [-0.3, -0.25) is 4.68 Å². The summed E-state index contributed by atoms with van der Waals surface area (Å²) in [6, 6.07) is 10.1. The van der Waals surface area contributed by atoms with Gasteiger partial charge in [-0.05, 0) is 12.5 Å². The van der Waals surface area contributed by atoms with E-state index < -0.39 is 6.10 Å². The molecule has 0 aliphatic heterocycles. The molecule has 1 N–H and O–H groups in total. The molecule has 1 aromatic carbocycles. The van der Waals surface area contributed by atoms with E-state index in [1.807, 2.05) is 29.1 Å². The van der Waals surface area contributed by atoms with E-state index in [1.165, 1.54) is 5.56 Å². The molecule has 78 valence electrons. The topological polar surface area (TPSA) is 38.1 Å². The van der Waals surface area contributed by atoms with Gasteiger partial charge in [0.25, 0.3) is 0 Å². The maximum Gasteiger partial charge on any atom is 0.0792 e. The Labute approximate surface area is 89.0 Å². The van der Waals surface area contributed by atoms with Gasteiger partial charge < -0.3 is 5.11 Å². The van der Waals surface area contributed by atoms with Gasteiger partial charge >= 0.3 is 0 Å². The Morgan fingerprint density at radius 1 is 1.33 bits per heavy atom. The Morgan fingerprint density at radius 2 is 2.07 bits per heavy atom. The summed E-state index contributed by atoms with van der Waals surface area (Å²) >= 11 is 0. The van der Waals surface area contributed by atoms with Crippen molar-refractivity contribution in [2.45, 2.75) is 19.6 Å². The molecular formula is C12H14N2O. The van der Waals surface area contributed by atoms with Crippen molar-refractivity contribution in [1.82, 2.24) is 9.78 Å². The van der Waals surface area contributed by atoms with Crippen LogP contribution in [0.15, 0.2) is 42.7 Å². The Balaban J connectivity index is 2.12. The van der Waals surface area contributed by atoms with Gasteiger partial charge in [-0.25, -0.2) is 0 Å². The predicted octanol–water partition coefficient (Wildman–Crippen LogP) is 1.98. The van der Waals surface area contributed by atoms with E-state index in [0.29, 0.717) is 0 Å². The van der Waals surface area contributed by atoms with Crippen LogP contribution in [0.25, 0.3) is 0 Å². The highest BCUT2D eigenvalue weighted by Crippen LogP contribution is 2.10. The quantitative estimate of drug-likeness (QED) is 0.826. The Morgan fingerprint density at radius 3 is 2.67 bits per heavy atom. The van der Waals surface area contributed by atoms with Crippen molar-refractivity contribution in [3.8, 4) is 0 Å². The van der Waals surface area contributed by atoms with Crippen LogP contribution < -0.4 is 0 Å². The third kappa shape index (κ3) is 2.44. The lowest BCUT2D eigenvalue weighted by molar-refractivity contribution is 0.199. The van der Waals surface area contributed by atoms with Crippen LogP contribution in [0.3, 0.4) is 0 Å². The van der Waals surface area contributed by atoms with E-state index in [9.17, 15) is 5.11 Å². The smallest absolute Gasteiger partial charge is 0.0792 e. The highest BCUT2D eigenvalue weighted by atomic mass is 16.3. The fraction of sp³-hybridized carbons (Fsp3) is 0.250. The van der Waals surface area contributed by atoms with Gasteiger partial charge in [-0.2, -0.15) is 5.10 Å². The molecule has 2 rings (SSSR count). The van der Waals surface area contributed by atoms with Crippen LogP contribution in [-0.2, 0) is 6.54 Å². The Bertz CT molecular complexity index is 420. The minimum atomic E-state index is -0.450. The zero-order valence-electron chi connectivity index (χ0n) is 8.67. The second-order valence-electron chi connectivity index (χ2n) is 3.63. The van der Waals surface area contributed by atoms with Gasteiger partial charge in [0.2, 0.25) is 0 Å². The molecule has 0 saturated carbocycles. The summed E-state index contributed by atoms with van der Waals surface area (Å²) in [4.78, 5) is 0.